The molecule has 0 radical (unpaired) electrons. The summed E-state index contributed by atoms with van der Waals surface area (Å²) in [5.41, 5.74) is 4.87. The van der Waals surface area contributed by atoms with Gasteiger partial charge in [-0.3, -0.25) is 0 Å². The Morgan fingerprint density at radius 2 is 1.77 bits per heavy atom. The van der Waals surface area contributed by atoms with Crippen molar-refractivity contribution in [2.75, 3.05) is 0 Å². The summed E-state index contributed by atoms with van der Waals surface area (Å²) < 4.78 is 21.5. The van der Waals surface area contributed by atoms with Crippen LogP contribution >= 0.6 is 0 Å². The number of aryl methyl sites for hydroxylation is 1. The van der Waals surface area contributed by atoms with E-state index in [0.717, 1.165) is 28.2 Å². The van der Waals surface area contributed by atoms with E-state index < -0.39 is 6.02 Å². The predicted molar refractivity (Wildman–Crippen MR) is 89.1 cm³/mol. The van der Waals surface area contributed by atoms with Crippen molar-refractivity contribution < 1.29 is 7.31 Å². The molecule has 0 N–H and O–H groups in total. The SMILES string of the molecule is [2H]c1n2c(c(C)[n+]1-c1ccccc1C)C=CC2([2H])c1ccccc1. The molecule has 0 fully saturated rings. The maximum absolute atomic E-state index is 9.01. The zero-order valence-corrected chi connectivity index (χ0v) is 12.7. The Morgan fingerprint density at radius 3 is 2.55 bits per heavy atom. The fourth-order valence-electron chi connectivity index (χ4n) is 3.00. The third-order valence-corrected chi connectivity index (χ3v) is 4.21. The van der Waals surface area contributed by atoms with Crippen LogP contribution in [0, 0.1) is 13.8 Å². The highest BCUT2D eigenvalue weighted by Crippen LogP contribution is 2.30. The Hall–Kier alpha value is -2.61. The van der Waals surface area contributed by atoms with Crippen molar-refractivity contribution in [3.8, 4) is 5.69 Å². The first kappa shape index (κ1) is 11.0. The van der Waals surface area contributed by atoms with Gasteiger partial charge in [0.05, 0.1) is 1.37 Å². The van der Waals surface area contributed by atoms with Crippen LogP contribution in [0.1, 0.15) is 31.3 Å². The van der Waals surface area contributed by atoms with E-state index in [1.807, 2.05) is 85.2 Å². The summed E-state index contributed by atoms with van der Waals surface area (Å²) >= 11 is 0. The maximum atomic E-state index is 9.01. The fourth-order valence-corrected chi connectivity index (χ4v) is 3.00. The molecule has 1 unspecified atom stereocenters. The number of hydrogen-bond acceptors (Lipinski definition) is 0. The van der Waals surface area contributed by atoms with E-state index in [9.17, 15) is 0 Å². The number of rotatable bonds is 2. The van der Waals surface area contributed by atoms with Crippen LogP contribution in [0.4, 0.5) is 0 Å². The van der Waals surface area contributed by atoms with Crippen LogP contribution < -0.4 is 4.57 Å². The number of allylic oxidation sites excluding steroid dienone is 1. The number of imidazole rings is 1. The van der Waals surface area contributed by atoms with Gasteiger partial charge in [-0.25, -0.2) is 4.57 Å². The van der Waals surface area contributed by atoms with Crippen LogP contribution in [0.3, 0.4) is 0 Å². The third kappa shape index (κ3) is 1.92. The van der Waals surface area contributed by atoms with E-state index in [1.165, 1.54) is 0 Å². The smallest absolute Gasteiger partial charge is 0.219 e. The van der Waals surface area contributed by atoms with Gasteiger partial charge in [-0.1, -0.05) is 48.5 Å². The first-order valence-electron chi connectivity index (χ1n) is 8.49. The number of hydrogen-bond donors (Lipinski definition) is 0. The number of benzene rings is 2. The standard InChI is InChI=1S/C20H19N2/c1-15-8-6-7-11-18(15)21-14-22-19(16(21)2)12-13-20(22)17-9-4-3-5-10-17/h3-14,20H,1-2H3/q+1/i14D,20D. The van der Waals surface area contributed by atoms with Crippen molar-refractivity contribution in [3.63, 3.8) is 0 Å². The van der Waals surface area contributed by atoms with Crippen molar-refractivity contribution in [2.45, 2.75) is 19.9 Å². The summed E-state index contributed by atoms with van der Waals surface area (Å²) in [4.78, 5) is 0. The first-order valence-corrected chi connectivity index (χ1v) is 7.49. The van der Waals surface area contributed by atoms with E-state index in [2.05, 4.69) is 0 Å². The minimum Gasteiger partial charge on any atom is -0.219 e. The molecule has 0 spiro atoms. The molecule has 0 bridgehead atoms. The van der Waals surface area contributed by atoms with E-state index in [1.54, 1.807) is 4.57 Å². The largest absolute Gasteiger partial charge is 0.250 e. The van der Waals surface area contributed by atoms with E-state index >= 15 is 0 Å². The van der Waals surface area contributed by atoms with E-state index in [-0.39, 0.29) is 0 Å². The van der Waals surface area contributed by atoms with Gasteiger partial charge >= 0.3 is 0 Å². The highest BCUT2D eigenvalue weighted by atomic mass is 15.2. The molecule has 0 aliphatic carbocycles. The molecule has 1 atom stereocenters. The van der Waals surface area contributed by atoms with Crippen molar-refractivity contribution in [2.24, 2.45) is 0 Å². The number of aromatic nitrogens is 2. The second-order valence-electron chi connectivity index (χ2n) is 5.61. The predicted octanol–water partition coefficient (Wildman–Crippen LogP) is 4.00. The molecule has 4 rings (SSSR count). The molecular formula is C20H19N2+. The molecule has 2 nitrogen and oxygen atoms in total. The van der Waals surface area contributed by atoms with Gasteiger partial charge in [0.2, 0.25) is 6.30 Å². The lowest BCUT2D eigenvalue weighted by Crippen LogP contribution is -2.32. The van der Waals surface area contributed by atoms with Crippen molar-refractivity contribution in [1.29, 1.82) is 0 Å². The molecule has 22 heavy (non-hydrogen) atoms. The average Bonchev–Trinajstić information content (AvgIpc) is 3.07. The molecule has 1 aliphatic rings. The maximum Gasteiger partial charge on any atom is 0.250 e. The van der Waals surface area contributed by atoms with Gasteiger partial charge in [-0.2, -0.15) is 4.57 Å². The Morgan fingerprint density at radius 1 is 1.05 bits per heavy atom. The minimum absolute atomic E-state index is 0.320. The van der Waals surface area contributed by atoms with Gasteiger partial charge in [-0.15, -0.1) is 0 Å². The molecular weight excluding hydrogens is 268 g/mol. The fraction of sp³-hybridized carbons (Fsp3) is 0.150. The van der Waals surface area contributed by atoms with Crippen molar-refractivity contribution in [3.05, 3.63) is 89.5 Å². The third-order valence-electron chi connectivity index (χ3n) is 4.21. The Kier molecular flexibility index (Phi) is 2.50. The van der Waals surface area contributed by atoms with Crippen LogP contribution in [0.15, 0.2) is 67.0 Å². The van der Waals surface area contributed by atoms with Gasteiger partial charge in [0.15, 0.2) is 12.8 Å². The average molecular weight is 289 g/mol. The summed E-state index contributed by atoms with van der Waals surface area (Å²) in [5, 5.41) is 0. The summed E-state index contributed by atoms with van der Waals surface area (Å²) in [7, 11) is 0. The lowest BCUT2D eigenvalue weighted by molar-refractivity contribution is -0.602. The minimum atomic E-state index is -1.08. The van der Waals surface area contributed by atoms with Crippen LogP contribution in [-0.2, 0) is 0 Å². The van der Waals surface area contributed by atoms with Crippen LogP contribution in [0.25, 0.3) is 11.8 Å². The summed E-state index contributed by atoms with van der Waals surface area (Å²) in [6.07, 6.45) is 4.15. The Labute approximate surface area is 133 Å². The lowest BCUT2D eigenvalue weighted by Gasteiger charge is -2.06. The van der Waals surface area contributed by atoms with Crippen LogP contribution in [-0.4, -0.2) is 4.57 Å². The summed E-state index contributed by atoms with van der Waals surface area (Å²) in [6.45, 7) is 4.06. The highest BCUT2D eigenvalue weighted by molar-refractivity contribution is 5.54. The van der Waals surface area contributed by atoms with Gasteiger partial charge in [0.1, 0.15) is 11.7 Å². The van der Waals surface area contributed by atoms with Crippen molar-refractivity contribution >= 4 is 6.08 Å². The van der Waals surface area contributed by atoms with Gasteiger partial charge in [-0.05, 0) is 30.7 Å². The van der Waals surface area contributed by atoms with Crippen LogP contribution in [0.2, 0.25) is 0 Å². The second-order valence-corrected chi connectivity index (χ2v) is 5.61. The monoisotopic (exact) mass is 289 g/mol. The summed E-state index contributed by atoms with van der Waals surface area (Å²) in [6, 6.07) is 16.7. The van der Waals surface area contributed by atoms with Gasteiger partial charge < -0.3 is 0 Å². The second kappa shape index (κ2) is 4.99. The Balaban J connectivity index is 1.98. The highest BCUT2D eigenvalue weighted by Gasteiger charge is 2.29. The zero-order valence-electron chi connectivity index (χ0n) is 14.7. The lowest BCUT2D eigenvalue weighted by atomic mass is 10.1. The molecule has 3 aromatic rings. The molecule has 0 saturated heterocycles. The van der Waals surface area contributed by atoms with Crippen molar-refractivity contribution in [1.82, 2.24) is 4.57 Å². The topological polar surface area (TPSA) is 8.81 Å². The first-order chi connectivity index (χ1) is 11.5. The van der Waals surface area contributed by atoms with E-state index in [4.69, 9.17) is 2.74 Å². The molecule has 0 saturated carbocycles. The number of fused-ring (bicyclic) bond motifs is 1. The van der Waals surface area contributed by atoms with Gasteiger partial charge in [0, 0.05) is 12.5 Å². The molecule has 1 aliphatic heterocycles. The van der Waals surface area contributed by atoms with Crippen LogP contribution in [0.5, 0.6) is 0 Å². The van der Waals surface area contributed by atoms with E-state index in [0.29, 0.717) is 6.30 Å². The quantitative estimate of drug-likeness (QED) is 0.631. The summed E-state index contributed by atoms with van der Waals surface area (Å²) in [5.74, 6) is 0. The van der Waals surface area contributed by atoms with Gasteiger partial charge in [0.25, 0.3) is 0 Å². The number of para-hydroxylation sites is 1. The molecule has 108 valence electrons. The Bertz CT molecular complexity index is 957. The molecule has 0 amide bonds. The molecule has 2 heteroatoms. The normalized spacial score (nSPS) is 20.6. The molecule has 2 aromatic carbocycles. The molecule has 2 heterocycles. The molecule has 1 aromatic heterocycles. The zero-order chi connectivity index (χ0) is 16.9. The number of nitrogens with zero attached hydrogens (tertiary/aromatic N) is 2.